The van der Waals surface area contributed by atoms with Gasteiger partial charge in [-0.05, 0) is 84.7 Å². The molecular weight excluding hydrogens is 372 g/mol. The number of rotatable bonds is 5. The van der Waals surface area contributed by atoms with Crippen molar-refractivity contribution in [3.63, 3.8) is 0 Å². The Morgan fingerprint density at radius 3 is 2.62 bits per heavy atom. The average Bonchev–Trinajstić information content (AvgIpc) is 2.97. The topological polar surface area (TPSA) is 29.5 Å². The zero-order chi connectivity index (χ0) is 21.4. The summed E-state index contributed by atoms with van der Waals surface area (Å²) in [5, 5.41) is 10.7. The molecule has 5 atom stereocenters. The summed E-state index contributed by atoms with van der Waals surface area (Å²) in [6.07, 6.45) is 10.5. The Hall–Kier alpha value is -1.06. The van der Waals surface area contributed by atoms with Gasteiger partial charge in [-0.2, -0.15) is 0 Å². The van der Waals surface area contributed by atoms with Crippen LogP contribution in [0.3, 0.4) is 0 Å². The first kappa shape index (κ1) is 22.6. The number of aliphatic hydroxyl groups excluding tert-OH is 1. The van der Waals surface area contributed by atoms with Crippen LogP contribution in [0.15, 0.2) is 30.3 Å². The second kappa shape index (κ2) is 8.23. The van der Waals surface area contributed by atoms with Crippen molar-refractivity contribution >= 4 is 14.4 Å². The minimum absolute atomic E-state index is 0.0842. The molecule has 29 heavy (non-hydrogen) atoms. The van der Waals surface area contributed by atoms with Gasteiger partial charge in [-0.25, -0.2) is 0 Å². The Balaban J connectivity index is 1.70. The van der Waals surface area contributed by atoms with Gasteiger partial charge >= 0.3 is 0 Å². The monoisotopic (exact) mass is 414 g/mol. The summed E-state index contributed by atoms with van der Waals surface area (Å²) < 4.78 is 6.49. The largest absolute Gasteiger partial charge is 0.543 e. The van der Waals surface area contributed by atoms with Gasteiger partial charge < -0.3 is 9.53 Å². The number of allylic oxidation sites excluding steroid dienone is 1. The van der Waals surface area contributed by atoms with Crippen molar-refractivity contribution in [1.29, 1.82) is 0 Å². The molecular formula is C26H42O2Si. The van der Waals surface area contributed by atoms with Gasteiger partial charge in [0.2, 0.25) is 8.32 Å². The van der Waals surface area contributed by atoms with E-state index in [0.717, 1.165) is 12.2 Å². The predicted octanol–water partition coefficient (Wildman–Crippen LogP) is 7.30. The molecule has 0 saturated heterocycles. The van der Waals surface area contributed by atoms with Crippen molar-refractivity contribution in [2.24, 2.45) is 23.2 Å². The highest BCUT2D eigenvalue weighted by atomic mass is 28.4. The lowest BCUT2D eigenvalue weighted by Crippen LogP contribution is -2.43. The summed E-state index contributed by atoms with van der Waals surface area (Å²) in [5.74, 6) is 2.69. The number of aliphatic hydroxyl groups is 1. The molecule has 2 saturated carbocycles. The maximum atomic E-state index is 10.5. The molecule has 0 unspecified atom stereocenters. The van der Waals surface area contributed by atoms with E-state index in [1.54, 1.807) is 0 Å². The summed E-state index contributed by atoms with van der Waals surface area (Å²) in [5.41, 5.74) is 1.52. The molecule has 0 aromatic heterocycles. The van der Waals surface area contributed by atoms with E-state index in [4.69, 9.17) is 4.43 Å². The van der Waals surface area contributed by atoms with Crippen LogP contribution in [-0.2, 0) is 0 Å². The molecule has 2 aliphatic rings. The van der Waals surface area contributed by atoms with E-state index < -0.39 is 8.32 Å². The van der Waals surface area contributed by atoms with Crippen LogP contribution >= 0.6 is 0 Å². The molecule has 0 radical (unpaired) electrons. The van der Waals surface area contributed by atoms with Crippen molar-refractivity contribution in [1.82, 2.24) is 0 Å². The summed E-state index contributed by atoms with van der Waals surface area (Å²) in [4.78, 5) is 0. The second-order valence-corrected chi connectivity index (χ2v) is 16.1. The van der Waals surface area contributed by atoms with Crippen LogP contribution in [0.5, 0.6) is 5.75 Å². The fourth-order valence-corrected chi connectivity index (χ4v) is 6.60. The van der Waals surface area contributed by atoms with Crippen LogP contribution in [0.4, 0.5) is 0 Å². The summed E-state index contributed by atoms with van der Waals surface area (Å²) in [7, 11) is -1.82. The lowest BCUT2D eigenvalue weighted by Gasteiger charge is -2.44. The van der Waals surface area contributed by atoms with Crippen LogP contribution in [0.1, 0.15) is 72.3 Å². The first-order valence-corrected chi connectivity index (χ1v) is 14.5. The summed E-state index contributed by atoms with van der Waals surface area (Å²) in [6.45, 7) is 16.2. The minimum atomic E-state index is -1.82. The van der Waals surface area contributed by atoms with Gasteiger partial charge in [0.1, 0.15) is 5.75 Å². The van der Waals surface area contributed by atoms with Gasteiger partial charge in [-0.1, -0.05) is 65.3 Å². The molecule has 1 aromatic rings. The molecule has 0 spiro atoms. The van der Waals surface area contributed by atoms with E-state index in [0.29, 0.717) is 23.2 Å². The van der Waals surface area contributed by atoms with Gasteiger partial charge in [-0.3, -0.25) is 0 Å². The standard InChI is InChI=1S/C26H42O2Si/c1-19(22-15-16-23-24(27)12-9-17-26(22,23)5)13-14-20-10-8-11-21(18-20)28-29(6,7)25(2,3)4/h8,10-11,13-14,18-19,22-24,27H,9,12,15-17H2,1-7H3/t19-,22+,23-,24-,26+/m0/s1. The van der Waals surface area contributed by atoms with Crippen molar-refractivity contribution in [2.45, 2.75) is 91.0 Å². The summed E-state index contributed by atoms with van der Waals surface area (Å²) in [6, 6.07) is 8.56. The highest BCUT2D eigenvalue weighted by Crippen LogP contribution is 2.57. The maximum Gasteiger partial charge on any atom is 0.250 e. The zero-order valence-electron chi connectivity index (χ0n) is 19.7. The van der Waals surface area contributed by atoms with Gasteiger partial charge in [0.05, 0.1) is 6.10 Å². The van der Waals surface area contributed by atoms with Crippen molar-refractivity contribution < 1.29 is 9.53 Å². The minimum Gasteiger partial charge on any atom is -0.543 e. The van der Waals surface area contributed by atoms with E-state index in [9.17, 15) is 5.11 Å². The Kier molecular flexibility index (Phi) is 6.42. The summed E-state index contributed by atoms with van der Waals surface area (Å²) >= 11 is 0. The van der Waals surface area contributed by atoms with E-state index >= 15 is 0 Å². The van der Waals surface area contributed by atoms with Crippen molar-refractivity contribution in [3.05, 3.63) is 35.9 Å². The molecule has 1 aromatic carbocycles. The molecule has 2 fully saturated rings. The first-order chi connectivity index (χ1) is 13.4. The molecule has 3 rings (SSSR count). The lowest BCUT2D eigenvalue weighted by atomic mass is 9.62. The number of hydrogen-bond donors (Lipinski definition) is 1. The third-order valence-electron chi connectivity index (χ3n) is 8.43. The Morgan fingerprint density at radius 2 is 1.93 bits per heavy atom. The van der Waals surface area contributed by atoms with Gasteiger partial charge in [0.15, 0.2) is 0 Å². The Labute approximate surface area is 179 Å². The lowest BCUT2D eigenvalue weighted by molar-refractivity contribution is -0.0230. The molecule has 0 heterocycles. The van der Waals surface area contributed by atoms with Gasteiger partial charge in [0.25, 0.3) is 0 Å². The fraction of sp³-hybridized carbons (Fsp3) is 0.692. The molecule has 0 bridgehead atoms. The highest BCUT2D eigenvalue weighted by Gasteiger charge is 2.51. The third-order valence-corrected chi connectivity index (χ3v) is 12.8. The van der Waals surface area contributed by atoms with Crippen molar-refractivity contribution in [2.75, 3.05) is 0 Å². The van der Waals surface area contributed by atoms with Crippen molar-refractivity contribution in [3.8, 4) is 5.75 Å². The van der Waals surface area contributed by atoms with Crippen LogP contribution < -0.4 is 4.43 Å². The molecule has 0 aliphatic heterocycles. The molecule has 2 aliphatic carbocycles. The van der Waals surface area contributed by atoms with Crippen LogP contribution in [-0.4, -0.2) is 19.5 Å². The highest BCUT2D eigenvalue weighted by molar-refractivity contribution is 6.74. The van der Waals surface area contributed by atoms with E-state index in [1.165, 1.54) is 31.2 Å². The maximum absolute atomic E-state index is 10.5. The normalized spacial score (nSPS) is 31.7. The smallest absolute Gasteiger partial charge is 0.250 e. The SMILES string of the molecule is C[C@@H](C=Cc1cccc(O[Si](C)(C)C(C)(C)C)c1)[C@H]1CC[C@H]2[C@@H](O)CCC[C@]12C. The number of fused-ring (bicyclic) bond motifs is 1. The Bertz CT molecular complexity index is 732. The predicted molar refractivity (Wildman–Crippen MR) is 127 cm³/mol. The fourth-order valence-electron chi connectivity index (χ4n) is 5.58. The van der Waals surface area contributed by atoms with Crippen LogP contribution in [0, 0.1) is 23.2 Å². The second-order valence-electron chi connectivity index (χ2n) is 11.4. The van der Waals surface area contributed by atoms with Crippen LogP contribution in [0.2, 0.25) is 18.1 Å². The van der Waals surface area contributed by atoms with E-state index in [-0.39, 0.29) is 11.1 Å². The van der Waals surface area contributed by atoms with Crippen LogP contribution in [0.25, 0.3) is 6.08 Å². The van der Waals surface area contributed by atoms with Gasteiger partial charge in [-0.15, -0.1) is 0 Å². The molecule has 162 valence electrons. The third kappa shape index (κ3) is 4.66. The van der Waals surface area contributed by atoms with Gasteiger partial charge in [0, 0.05) is 0 Å². The molecule has 1 N–H and O–H groups in total. The average molecular weight is 415 g/mol. The first-order valence-electron chi connectivity index (χ1n) is 11.6. The Morgan fingerprint density at radius 1 is 1.21 bits per heavy atom. The molecule has 0 amide bonds. The van der Waals surface area contributed by atoms with E-state index in [2.05, 4.69) is 84.1 Å². The zero-order valence-corrected chi connectivity index (χ0v) is 20.7. The molecule has 2 nitrogen and oxygen atoms in total. The number of hydrogen-bond acceptors (Lipinski definition) is 2. The van der Waals surface area contributed by atoms with E-state index in [1.807, 2.05) is 0 Å². The molecule has 3 heteroatoms. The quantitative estimate of drug-likeness (QED) is 0.512. The number of benzene rings is 1.